The normalized spacial score (nSPS) is 11.3. The number of benzene rings is 2. The molecule has 186 valence electrons. The van der Waals surface area contributed by atoms with Crippen LogP contribution in [0.5, 0.6) is 17.2 Å². The molecule has 2 N–H and O–H groups in total. The first-order chi connectivity index (χ1) is 15.9. The van der Waals surface area contributed by atoms with Gasteiger partial charge in [-0.05, 0) is 79.7 Å². The topological polar surface area (TPSA) is 97.1 Å². The fourth-order valence-corrected chi connectivity index (χ4v) is 3.25. The van der Waals surface area contributed by atoms with Crippen LogP contribution in [0.25, 0.3) is 0 Å². The van der Waals surface area contributed by atoms with E-state index in [1.54, 1.807) is 44.2 Å². The van der Waals surface area contributed by atoms with Crippen molar-refractivity contribution >= 4 is 17.4 Å². The van der Waals surface area contributed by atoms with E-state index in [1.165, 1.54) is 0 Å². The Hall–Kier alpha value is -3.22. The van der Waals surface area contributed by atoms with Crippen LogP contribution in [-0.2, 0) is 11.2 Å². The summed E-state index contributed by atoms with van der Waals surface area (Å²) in [5, 5.41) is 0. The summed E-state index contributed by atoms with van der Waals surface area (Å²) in [7, 11) is 0. The Morgan fingerprint density at radius 1 is 0.765 bits per heavy atom. The summed E-state index contributed by atoms with van der Waals surface area (Å²) in [6.45, 7) is 14.9. The molecular formula is C27H37NO6. The molecule has 7 nitrogen and oxygen atoms in total. The maximum absolute atomic E-state index is 13.4. The van der Waals surface area contributed by atoms with Gasteiger partial charge in [-0.3, -0.25) is 4.79 Å². The first-order valence-corrected chi connectivity index (χ1v) is 11.7. The van der Waals surface area contributed by atoms with Gasteiger partial charge in [-0.25, -0.2) is 4.79 Å². The second kappa shape index (κ2) is 11.8. The minimum absolute atomic E-state index is 0.0427. The fraction of sp³-hybridized carbons (Fsp3) is 0.481. The smallest absolute Gasteiger partial charge is 0.338 e. The largest absolute Gasteiger partial charge is 0.491 e. The first kappa shape index (κ1) is 27.0. The van der Waals surface area contributed by atoms with Crippen LogP contribution in [0, 0.1) is 0 Å². The maximum Gasteiger partial charge on any atom is 0.338 e. The summed E-state index contributed by atoms with van der Waals surface area (Å²) in [5.74, 6) is 0.526. The van der Waals surface area contributed by atoms with E-state index in [0.29, 0.717) is 39.6 Å². The molecule has 7 heteroatoms. The van der Waals surface area contributed by atoms with Gasteiger partial charge in [-0.1, -0.05) is 6.07 Å². The third kappa shape index (κ3) is 7.40. The van der Waals surface area contributed by atoms with Crippen LogP contribution in [-0.4, -0.2) is 36.2 Å². The first-order valence-electron chi connectivity index (χ1n) is 11.7. The molecule has 0 saturated carbocycles. The number of nitrogens with two attached hydrogens (primary N) is 1. The average molecular weight is 472 g/mol. The lowest BCUT2D eigenvalue weighted by molar-refractivity contribution is 0.0377. The number of carbonyl (C=O) groups excluding carboxylic acids is 2. The number of rotatable bonds is 11. The molecule has 0 spiro atoms. The van der Waals surface area contributed by atoms with Gasteiger partial charge in [0.2, 0.25) is 0 Å². The third-order valence-electron chi connectivity index (χ3n) is 4.51. The number of ether oxygens (including phenoxy) is 4. The van der Waals surface area contributed by atoms with Crippen molar-refractivity contribution in [3.63, 3.8) is 0 Å². The van der Waals surface area contributed by atoms with Gasteiger partial charge in [0, 0.05) is 12.0 Å². The number of anilines is 1. The van der Waals surface area contributed by atoms with Gasteiger partial charge in [0.15, 0.2) is 17.3 Å². The molecule has 0 radical (unpaired) electrons. The zero-order chi connectivity index (χ0) is 25.6. The number of esters is 1. The van der Waals surface area contributed by atoms with Crippen molar-refractivity contribution < 1.29 is 28.5 Å². The van der Waals surface area contributed by atoms with Crippen LogP contribution in [0.3, 0.4) is 0 Å². The number of nitrogen functional groups attached to an aromatic ring is 1. The molecule has 2 aromatic rings. The maximum atomic E-state index is 13.4. The molecule has 0 bridgehead atoms. The molecule has 0 atom stereocenters. The van der Waals surface area contributed by atoms with E-state index in [-0.39, 0.29) is 36.6 Å². The molecule has 2 aromatic carbocycles. The molecule has 0 heterocycles. The molecule has 0 saturated heterocycles. The van der Waals surface area contributed by atoms with E-state index in [9.17, 15) is 9.59 Å². The van der Waals surface area contributed by atoms with Gasteiger partial charge < -0.3 is 24.7 Å². The van der Waals surface area contributed by atoms with Crippen molar-refractivity contribution in [1.82, 2.24) is 0 Å². The summed E-state index contributed by atoms with van der Waals surface area (Å²) in [5.41, 5.74) is 7.94. The molecular weight excluding hydrogens is 434 g/mol. The SMILES string of the molecule is CC(C)OC(=O)c1ccc(CC(=O)c2ccc(N)c(OC(C)C)c2OC(C)C)c(OC(C)C)c1. The quantitative estimate of drug-likeness (QED) is 0.258. The lowest BCUT2D eigenvalue weighted by atomic mass is 9.99. The number of carbonyl (C=O) groups is 2. The van der Waals surface area contributed by atoms with Gasteiger partial charge in [0.1, 0.15) is 5.75 Å². The summed E-state index contributed by atoms with van der Waals surface area (Å²) in [4.78, 5) is 25.8. The molecule has 2 rings (SSSR count). The van der Waals surface area contributed by atoms with Crippen LogP contribution in [0.2, 0.25) is 0 Å². The van der Waals surface area contributed by atoms with Crippen LogP contribution >= 0.6 is 0 Å². The molecule has 34 heavy (non-hydrogen) atoms. The number of ketones is 1. The predicted molar refractivity (Wildman–Crippen MR) is 133 cm³/mol. The lowest BCUT2D eigenvalue weighted by Gasteiger charge is -2.21. The number of hydrogen-bond acceptors (Lipinski definition) is 7. The fourth-order valence-electron chi connectivity index (χ4n) is 3.25. The second-order valence-electron chi connectivity index (χ2n) is 9.24. The second-order valence-corrected chi connectivity index (χ2v) is 9.24. The van der Waals surface area contributed by atoms with Crippen LogP contribution in [0.4, 0.5) is 5.69 Å². The average Bonchev–Trinajstić information content (AvgIpc) is 2.70. The highest BCUT2D eigenvalue weighted by atomic mass is 16.5. The highest BCUT2D eigenvalue weighted by Crippen LogP contribution is 2.39. The Balaban J connectivity index is 2.46. The predicted octanol–water partition coefficient (Wildman–Crippen LogP) is 5.62. The van der Waals surface area contributed by atoms with Gasteiger partial charge in [0.25, 0.3) is 0 Å². The van der Waals surface area contributed by atoms with E-state index in [4.69, 9.17) is 24.7 Å². The van der Waals surface area contributed by atoms with E-state index in [1.807, 2.05) is 41.5 Å². The standard InChI is InChI=1S/C27H37NO6/c1-15(2)31-24-14-20(27(30)34-18(7)8)10-9-19(24)13-23(29)21-11-12-22(28)26(33-17(5)6)25(21)32-16(3)4/h9-12,14-18H,13,28H2,1-8H3. The molecule has 0 amide bonds. The molecule has 0 unspecified atom stereocenters. The van der Waals surface area contributed by atoms with Gasteiger partial charge >= 0.3 is 5.97 Å². The van der Waals surface area contributed by atoms with E-state index in [2.05, 4.69) is 0 Å². The highest BCUT2D eigenvalue weighted by molar-refractivity contribution is 6.02. The third-order valence-corrected chi connectivity index (χ3v) is 4.51. The summed E-state index contributed by atoms with van der Waals surface area (Å²) in [6.07, 6.45) is -0.676. The monoisotopic (exact) mass is 471 g/mol. The Bertz CT molecular complexity index is 1010. The lowest BCUT2D eigenvalue weighted by Crippen LogP contribution is -2.17. The molecule has 0 aliphatic heterocycles. The van der Waals surface area contributed by atoms with Crippen molar-refractivity contribution in [2.45, 2.75) is 86.2 Å². The molecule has 0 aliphatic carbocycles. The Kier molecular flexibility index (Phi) is 9.36. The minimum Gasteiger partial charge on any atom is -0.491 e. The van der Waals surface area contributed by atoms with Crippen molar-refractivity contribution in [3.8, 4) is 17.2 Å². The molecule has 0 fully saturated rings. The van der Waals surface area contributed by atoms with E-state index < -0.39 is 5.97 Å². The summed E-state index contributed by atoms with van der Waals surface area (Å²) >= 11 is 0. The van der Waals surface area contributed by atoms with Crippen molar-refractivity contribution in [1.29, 1.82) is 0 Å². The zero-order valence-corrected chi connectivity index (χ0v) is 21.4. The van der Waals surface area contributed by atoms with Crippen molar-refractivity contribution in [2.24, 2.45) is 0 Å². The van der Waals surface area contributed by atoms with Gasteiger partial charge in [-0.2, -0.15) is 0 Å². The van der Waals surface area contributed by atoms with E-state index in [0.717, 1.165) is 0 Å². The summed E-state index contributed by atoms with van der Waals surface area (Å²) < 4.78 is 23.1. The van der Waals surface area contributed by atoms with E-state index >= 15 is 0 Å². The Labute approximate surface area is 202 Å². The zero-order valence-electron chi connectivity index (χ0n) is 21.4. The molecule has 0 aliphatic rings. The molecule has 0 aromatic heterocycles. The number of Topliss-reactive ketones (excluding diaryl/α,β-unsaturated/α-hetero) is 1. The number of hydrogen-bond donors (Lipinski definition) is 1. The van der Waals surface area contributed by atoms with Crippen LogP contribution < -0.4 is 19.9 Å². The highest BCUT2D eigenvalue weighted by Gasteiger charge is 2.24. The van der Waals surface area contributed by atoms with Crippen LogP contribution in [0.1, 0.15) is 81.7 Å². The minimum atomic E-state index is -0.442. The Morgan fingerprint density at radius 3 is 1.91 bits per heavy atom. The summed E-state index contributed by atoms with van der Waals surface area (Å²) in [6, 6.07) is 8.28. The van der Waals surface area contributed by atoms with Crippen LogP contribution in [0.15, 0.2) is 30.3 Å². The van der Waals surface area contributed by atoms with Crippen molar-refractivity contribution in [2.75, 3.05) is 5.73 Å². The van der Waals surface area contributed by atoms with Gasteiger partial charge in [-0.15, -0.1) is 0 Å². The van der Waals surface area contributed by atoms with Crippen molar-refractivity contribution in [3.05, 3.63) is 47.0 Å². The van der Waals surface area contributed by atoms with Gasteiger partial charge in [0.05, 0.1) is 41.2 Å². The Morgan fingerprint density at radius 2 is 1.35 bits per heavy atom.